The fraction of sp³-hybridized carbons (Fsp3) is 0.333. The molecule has 2 aromatic rings. The van der Waals surface area contributed by atoms with Crippen LogP contribution >= 0.6 is 0 Å². The number of benzene rings is 2. The third kappa shape index (κ3) is 5.23. The second-order valence-electron chi connectivity index (χ2n) is 6.70. The van der Waals surface area contributed by atoms with E-state index in [1.165, 1.54) is 5.56 Å². The van der Waals surface area contributed by atoms with Crippen LogP contribution in [0.4, 0.5) is 0 Å². The minimum atomic E-state index is -0.535. The van der Waals surface area contributed by atoms with Gasteiger partial charge in [0.05, 0.1) is 7.11 Å². The molecule has 2 aromatic carbocycles. The summed E-state index contributed by atoms with van der Waals surface area (Å²) in [6.07, 6.45) is 0. The topological polar surface area (TPSA) is 85.1 Å². The summed E-state index contributed by atoms with van der Waals surface area (Å²) in [5, 5.41) is 0. The van der Waals surface area contributed by atoms with E-state index in [9.17, 15) is 9.59 Å². The predicted molar refractivity (Wildman–Crippen MR) is 105 cm³/mol. The summed E-state index contributed by atoms with van der Waals surface area (Å²) in [6, 6.07) is 14.8. The van der Waals surface area contributed by atoms with E-state index < -0.39 is 5.91 Å². The van der Waals surface area contributed by atoms with Gasteiger partial charge in [-0.15, -0.1) is 0 Å². The summed E-state index contributed by atoms with van der Waals surface area (Å²) in [4.78, 5) is 27.6. The number of rotatable bonds is 7. The lowest BCUT2D eigenvalue weighted by Gasteiger charge is -2.34. The smallest absolute Gasteiger partial charge is 0.255 e. The van der Waals surface area contributed by atoms with Gasteiger partial charge >= 0.3 is 0 Å². The van der Waals surface area contributed by atoms with E-state index in [1.807, 2.05) is 17.0 Å². The molecule has 1 fully saturated rings. The average Bonchev–Trinajstić information content (AvgIpc) is 2.73. The average molecular weight is 383 g/mol. The van der Waals surface area contributed by atoms with Gasteiger partial charge < -0.3 is 20.1 Å². The van der Waals surface area contributed by atoms with E-state index in [0.717, 1.165) is 25.4 Å². The molecule has 1 aliphatic rings. The van der Waals surface area contributed by atoms with Crippen LogP contribution in [-0.4, -0.2) is 61.5 Å². The van der Waals surface area contributed by atoms with Gasteiger partial charge in [-0.25, -0.2) is 0 Å². The van der Waals surface area contributed by atoms with Gasteiger partial charge in [0.15, 0.2) is 6.61 Å². The first kappa shape index (κ1) is 19.7. The third-order valence-electron chi connectivity index (χ3n) is 4.71. The first-order valence-corrected chi connectivity index (χ1v) is 9.21. The molecule has 0 unspecified atom stereocenters. The summed E-state index contributed by atoms with van der Waals surface area (Å²) in [5.74, 6) is 0.836. The zero-order valence-corrected chi connectivity index (χ0v) is 16.0. The molecule has 0 bridgehead atoms. The summed E-state index contributed by atoms with van der Waals surface area (Å²) in [5.41, 5.74) is 6.89. The van der Waals surface area contributed by atoms with Gasteiger partial charge in [0.2, 0.25) is 0 Å². The normalized spacial score (nSPS) is 14.5. The Labute approximate surface area is 164 Å². The van der Waals surface area contributed by atoms with Crippen LogP contribution in [0.2, 0.25) is 0 Å². The zero-order chi connectivity index (χ0) is 19.9. The molecule has 0 saturated carbocycles. The maximum Gasteiger partial charge on any atom is 0.255 e. The number of methoxy groups -OCH3 is 1. The highest BCUT2D eigenvalue weighted by atomic mass is 16.5. The maximum atomic E-state index is 12.7. The highest BCUT2D eigenvalue weighted by molar-refractivity contribution is 5.94. The van der Waals surface area contributed by atoms with E-state index in [0.29, 0.717) is 24.4 Å². The Kier molecular flexibility index (Phi) is 6.49. The first-order valence-electron chi connectivity index (χ1n) is 9.21. The minimum absolute atomic E-state index is 0.00514. The van der Waals surface area contributed by atoms with Crippen LogP contribution in [-0.2, 0) is 11.3 Å². The van der Waals surface area contributed by atoms with Crippen molar-refractivity contribution in [1.82, 2.24) is 9.80 Å². The number of ether oxygens (including phenoxy) is 2. The molecule has 0 spiro atoms. The van der Waals surface area contributed by atoms with Crippen molar-refractivity contribution in [2.45, 2.75) is 6.54 Å². The Balaban J connectivity index is 1.49. The van der Waals surface area contributed by atoms with Crippen LogP contribution in [0, 0.1) is 0 Å². The molecule has 0 atom stereocenters. The third-order valence-corrected chi connectivity index (χ3v) is 4.71. The van der Waals surface area contributed by atoms with Gasteiger partial charge in [-0.1, -0.05) is 12.1 Å². The number of carbonyl (C=O) groups is 2. The Morgan fingerprint density at radius 3 is 2.11 bits per heavy atom. The number of nitrogens with two attached hydrogens (primary N) is 1. The zero-order valence-electron chi connectivity index (χ0n) is 16.0. The van der Waals surface area contributed by atoms with Crippen molar-refractivity contribution in [3.63, 3.8) is 0 Å². The molecule has 2 N–H and O–H groups in total. The Morgan fingerprint density at radius 1 is 0.929 bits per heavy atom. The number of primary amides is 1. The Hall–Kier alpha value is -3.06. The van der Waals surface area contributed by atoms with Gasteiger partial charge in [0.1, 0.15) is 11.5 Å². The molecule has 1 heterocycles. The standard InChI is InChI=1S/C21H25N3O4/c1-27-18-6-2-16(3-7-18)14-23-10-12-24(13-11-23)21(26)17-4-8-19(9-5-17)28-15-20(22)25/h2-9H,10-15H2,1H3,(H2,22,25). The number of amides is 2. The van der Waals surface area contributed by atoms with Crippen molar-refractivity contribution in [2.75, 3.05) is 39.9 Å². The second-order valence-corrected chi connectivity index (χ2v) is 6.70. The molecular weight excluding hydrogens is 358 g/mol. The summed E-state index contributed by atoms with van der Waals surface area (Å²) in [6.45, 7) is 3.72. The van der Waals surface area contributed by atoms with Crippen LogP contribution in [0.1, 0.15) is 15.9 Å². The molecule has 1 aliphatic heterocycles. The van der Waals surface area contributed by atoms with Crippen LogP contribution in [0.3, 0.4) is 0 Å². The molecule has 7 nitrogen and oxygen atoms in total. The monoisotopic (exact) mass is 383 g/mol. The number of carbonyl (C=O) groups excluding carboxylic acids is 2. The van der Waals surface area contributed by atoms with E-state index in [-0.39, 0.29) is 12.5 Å². The molecule has 7 heteroatoms. The van der Waals surface area contributed by atoms with Crippen molar-refractivity contribution in [2.24, 2.45) is 5.73 Å². The number of hydrogen-bond acceptors (Lipinski definition) is 5. The maximum absolute atomic E-state index is 12.7. The van der Waals surface area contributed by atoms with Crippen molar-refractivity contribution >= 4 is 11.8 Å². The van der Waals surface area contributed by atoms with Gasteiger partial charge in [0.25, 0.3) is 11.8 Å². The van der Waals surface area contributed by atoms with Gasteiger partial charge in [-0.2, -0.15) is 0 Å². The molecular formula is C21H25N3O4. The van der Waals surface area contributed by atoms with E-state index >= 15 is 0 Å². The fourth-order valence-electron chi connectivity index (χ4n) is 3.13. The van der Waals surface area contributed by atoms with Crippen molar-refractivity contribution in [3.05, 3.63) is 59.7 Å². The van der Waals surface area contributed by atoms with E-state index in [4.69, 9.17) is 15.2 Å². The molecule has 3 rings (SSSR count). The highest BCUT2D eigenvalue weighted by Gasteiger charge is 2.22. The van der Waals surface area contributed by atoms with Gasteiger partial charge in [-0.05, 0) is 42.0 Å². The summed E-state index contributed by atoms with van der Waals surface area (Å²) < 4.78 is 10.4. The lowest BCUT2D eigenvalue weighted by atomic mass is 10.1. The van der Waals surface area contributed by atoms with Crippen LogP contribution in [0.25, 0.3) is 0 Å². The Morgan fingerprint density at radius 2 is 1.54 bits per heavy atom. The molecule has 148 valence electrons. The summed E-state index contributed by atoms with van der Waals surface area (Å²) >= 11 is 0. The second kappa shape index (κ2) is 9.23. The predicted octanol–water partition coefficient (Wildman–Crippen LogP) is 1.52. The van der Waals surface area contributed by atoms with Crippen LogP contribution in [0.5, 0.6) is 11.5 Å². The highest BCUT2D eigenvalue weighted by Crippen LogP contribution is 2.17. The molecule has 0 aromatic heterocycles. The fourth-order valence-corrected chi connectivity index (χ4v) is 3.13. The largest absolute Gasteiger partial charge is 0.497 e. The van der Waals surface area contributed by atoms with E-state index in [2.05, 4.69) is 17.0 Å². The SMILES string of the molecule is COc1ccc(CN2CCN(C(=O)c3ccc(OCC(N)=O)cc3)CC2)cc1. The number of nitrogens with zero attached hydrogens (tertiary/aromatic N) is 2. The Bertz CT molecular complexity index is 797. The quantitative estimate of drug-likeness (QED) is 0.784. The van der Waals surface area contributed by atoms with Crippen molar-refractivity contribution < 1.29 is 19.1 Å². The first-order chi connectivity index (χ1) is 13.5. The van der Waals surface area contributed by atoms with E-state index in [1.54, 1.807) is 31.4 Å². The molecule has 0 aliphatic carbocycles. The van der Waals surface area contributed by atoms with Gasteiger partial charge in [0, 0.05) is 38.3 Å². The lowest BCUT2D eigenvalue weighted by molar-refractivity contribution is -0.119. The lowest BCUT2D eigenvalue weighted by Crippen LogP contribution is -2.48. The molecule has 2 amide bonds. The van der Waals surface area contributed by atoms with Crippen molar-refractivity contribution in [1.29, 1.82) is 0 Å². The van der Waals surface area contributed by atoms with Gasteiger partial charge in [-0.3, -0.25) is 14.5 Å². The molecule has 1 saturated heterocycles. The number of hydrogen-bond donors (Lipinski definition) is 1. The number of piperazine rings is 1. The minimum Gasteiger partial charge on any atom is -0.497 e. The molecule has 28 heavy (non-hydrogen) atoms. The summed E-state index contributed by atoms with van der Waals surface area (Å²) in [7, 11) is 1.66. The van der Waals surface area contributed by atoms with Crippen LogP contribution in [0.15, 0.2) is 48.5 Å². The van der Waals surface area contributed by atoms with Crippen LogP contribution < -0.4 is 15.2 Å². The van der Waals surface area contributed by atoms with Crippen molar-refractivity contribution in [3.8, 4) is 11.5 Å². The molecule has 0 radical (unpaired) electrons.